The number of methoxy groups -OCH3 is 2. The van der Waals surface area contributed by atoms with Crippen LogP contribution in [0, 0.1) is 0 Å². The van der Waals surface area contributed by atoms with Crippen molar-refractivity contribution in [2.45, 2.75) is 18.3 Å². The van der Waals surface area contributed by atoms with Crippen LogP contribution in [0.1, 0.15) is 24.0 Å². The van der Waals surface area contributed by atoms with E-state index < -0.39 is 0 Å². The third-order valence-corrected chi connectivity index (χ3v) is 4.64. The van der Waals surface area contributed by atoms with Crippen LogP contribution in [0.15, 0.2) is 48.5 Å². The Labute approximate surface area is 126 Å². The summed E-state index contributed by atoms with van der Waals surface area (Å²) in [4.78, 5) is 0. The van der Waals surface area contributed by atoms with Gasteiger partial charge in [0.25, 0.3) is 0 Å². The minimum atomic E-state index is 0.0131. The normalized spacial score (nSPS) is 14.8. The van der Waals surface area contributed by atoms with E-state index in [1.807, 2.05) is 0 Å². The van der Waals surface area contributed by atoms with E-state index >= 15 is 0 Å². The van der Waals surface area contributed by atoms with E-state index in [0.717, 1.165) is 26.1 Å². The topological polar surface area (TPSA) is 18.5 Å². The van der Waals surface area contributed by atoms with Gasteiger partial charge in [-0.05, 0) is 35.1 Å². The summed E-state index contributed by atoms with van der Waals surface area (Å²) in [7, 11) is 3.55. The fourth-order valence-electron chi connectivity index (χ4n) is 3.63. The molecule has 2 aromatic rings. The molecule has 0 fully saturated rings. The van der Waals surface area contributed by atoms with Crippen molar-refractivity contribution in [3.8, 4) is 11.1 Å². The van der Waals surface area contributed by atoms with Gasteiger partial charge < -0.3 is 9.47 Å². The van der Waals surface area contributed by atoms with Crippen molar-refractivity contribution in [1.29, 1.82) is 0 Å². The van der Waals surface area contributed by atoms with Gasteiger partial charge in [0.2, 0.25) is 0 Å². The molecule has 0 saturated carbocycles. The van der Waals surface area contributed by atoms with E-state index in [0.29, 0.717) is 0 Å². The van der Waals surface area contributed by atoms with Gasteiger partial charge >= 0.3 is 0 Å². The van der Waals surface area contributed by atoms with E-state index in [1.54, 1.807) is 14.2 Å². The molecule has 0 heterocycles. The summed E-state index contributed by atoms with van der Waals surface area (Å²) in [6.07, 6.45) is 1.97. The second kappa shape index (κ2) is 6.00. The third-order valence-electron chi connectivity index (χ3n) is 4.64. The quantitative estimate of drug-likeness (QED) is 0.796. The van der Waals surface area contributed by atoms with Gasteiger partial charge in [-0.3, -0.25) is 0 Å². The van der Waals surface area contributed by atoms with E-state index in [4.69, 9.17) is 9.47 Å². The Kier molecular flexibility index (Phi) is 4.09. The number of hydrogen-bond donors (Lipinski definition) is 0. The van der Waals surface area contributed by atoms with Crippen LogP contribution in [0.4, 0.5) is 0 Å². The maximum absolute atomic E-state index is 5.40. The molecule has 2 heteroatoms. The Morgan fingerprint density at radius 3 is 1.57 bits per heavy atom. The summed E-state index contributed by atoms with van der Waals surface area (Å²) in [6.45, 7) is 1.51. The molecule has 3 rings (SSSR count). The van der Waals surface area contributed by atoms with Crippen LogP contribution in [0.25, 0.3) is 11.1 Å². The van der Waals surface area contributed by atoms with Crippen molar-refractivity contribution >= 4 is 0 Å². The molecular weight excluding hydrogens is 260 g/mol. The van der Waals surface area contributed by atoms with Gasteiger partial charge in [-0.2, -0.15) is 0 Å². The van der Waals surface area contributed by atoms with Crippen LogP contribution >= 0.6 is 0 Å². The molecule has 0 aromatic heterocycles. The maximum Gasteiger partial charge on any atom is 0.0474 e. The highest BCUT2D eigenvalue weighted by atomic mass is 16.5. The van der Waals surface area contributed by atoms with Crippen molar-refractivity contribution in [2.24, 2.45) is 0 Å². The highest BCUT2D eigenvalue weighted by Crippen LogP contribution is 2.52. The first-order valence-electron chi connectivity index (χ1n) is 7.51. The van der Waals surface area contributed by atoms with E-state index in [-0.39, 0.29) is 5.41 Å². The summed E-state index contributed by atoms with van der Waals surface area (Å²) >= 11 is 0. The van der Waals surface area contributed by atoms with Gasteiger partial charge in [-0.15, -0.1) is 0 Å². The molecule has 0 radical (unpaired) electrons. The van der Waals surface area contributed by atoms with Crippen molar-refractivity contribution in [1.82, 2.24) is 0 Å². The van der Waals surface area contributed by atoms with Crippen molar-refractivity contribution in [3.63, 3.8) is 0 Å². The van der Waals surface area contributed by atoms with E-state index in [9.17, 15) is 0 Å². The molecule has 1 aliphatic carbocycles. The number of rotatable bonds is 6. The highest BCUT2D eigenvalue weighted by Gasteiger charge is 2.42. The number of ether oxygens (including phenoxy) is 2. The summed E-state index contributed by atoms with van der Waals surface area (Å²) in [5.74, 6) is 0. The van der Waals surface area contributed by atoms with Crippen molar-refractivity contribution < 1.29 is 9.47 Å². The molecule has 1 aliphatic rings. The zero-order valence-electron chi connectivity index (χ0n) is 12.8. The molecule has 0 spiro atoms. The van der Waals surface area contributed by atoms with Gasteiger partial charge in [-0.1, -0.05) is 48.5 Å². The molecule has 110 valence electrons. The summed E-state index contributed by atoms with van der Waals surface area (Å²) in [6, 6.07) is 17.5. The van der Waals surface area contributed by atoms with Crippen LogP contribution < -0.4 is 0 Å². The standard InChI is InChI=1S/C19H22O2/c1-20-13-11-19(12-14-21-2)17-9-5-3-7-15(17)16-8-4-6-10-18(16)19/h3-10H,11-14H2,1-2H3. The van der Waals surface area contributed by atoms with Crippen LogP contribution in [0.5, 0.6) is 0 Å². The van der Waals surface area contributed by atoms with Gasteiger partial charge in [0.15, 0.2) is 0 Å². The van der Waals surface area contributed by atoms with Gasteiger partial charge in [0.05, 0.1) is 0 Å². The van der Waals surface area contributed by atoms with Crippen molar-refractivity contribution in [2.75, 3.05) is 27.4 Å². The lowest BCUT2D eigenvalue weighted by atomic mass is 9.73. The summed E-state index contributed by atoms with van der Waals surface area (Å²) < 4.78 is 10.8. The van der Waals surface area contributed by atoms with Crippen molar-refractivity contribution in [3.05, 3.63) is 59.7 Å². The second-order valence-electron chi connectivity index (χ2n) is 5.66. The summed E-state index contributed by atoms with van der Waals surface area (Å²) in [5.41, 5.74) is 5.57. The number of benzene rings is 2. The summed E-state index contributed by atoms with van der Waals surface area (Å²) in [5, 5.41) is 0. The largest absolute Gasteiger partial charge is 0.385 e. The SMILES string of the molecule is COCCC1(CCOC)c2ccccc2-c2ccccc21. The Bertz CT molecular complexity index is 563. The number of hydrogen-bond acceptors (Lipinski definition) is 2. The lowest BCUT2D eigenvalue weighted by molar-refractivity contribution is 0.145. The minimum Gasteiger partial charge on any atom is -0.385 e. The van der Waals surface area contributed by atoms with Gasteiger partial charge in [0.1, 0.15) is 0 Å². The van der Waals surface area contributed by atoms with Crippen LogP contribution in [0.2, 0.25) is 0 Å². The molecule has 2 aromatic carbocycles. The Hall–Kier alpha value is -1.64. The van der Waals surface area contributed by atoms with Crippen LogP contribution in [-0.4, -0.2) is 27.4 Å². The van der Waals surface area contributed by atoms with Crippen LogP contribution in [0.3, 0.4) is 0 Å². The van der Waals surface area contributed by atoms with Gasteiger partial charge in [0, 0.05) is 32.8 Å². The lowest BCUT2D eigenvalue weighted by Crippen LogP contribution is -2.28. The monoisotopic (exact) mass is 282 g/mol. The predicted molar refractivity (Wildman–Crippen MR) is 85.6 cm³/mol. The maximum atomic E-state index is 5.40. The molecule has 0 atom stereocenters. The first-order chi connectivity index (χ1) is 10.3. The van der Waals surface area contributed by atoms with E-state index in [1.165, 1.54) is 22.3 Å². The Morgan fingerprint density at radius 1 is 0.714 bits per heavy atom. The fourth-order valence-corrected chi connectivity index (χ4v) is 3.63. The van der Waals surface area contributed by atoms with E-state index in [2.05, 4.69) is 48.5 Å². The van der Waals surface area contributed by atoms with Crippen LogP contribution in [-0.2, 0) is 14.9 Å². The molecule has 0 bridgehead atoms. The Morgan fingerprint density at radius 2 is 1.14 bits per heavy atom. The first-order valence-corrected chi connectivity index (χ1v) is 7.51. The molecule has 2 nitrogen and oxygen atoms in total. The molecule has 21 heavy (non-hydrogen) atoms. The highest BCUT2D eigenvalue weighted by molar-refractivity contribution is 5.80. The third kappa shape index (κ3) is 2.29. The number of fused-ring (bicyclic) bond motifs is 3. The molecule has 0 aliphatic heterocycles. The first kappa shape index (κ1) is 14.3. The zero-order chi connectivity index (χ0) is 14.7. The Balaban J connectivity index is 2.16. The minimum absolute atomic E-state index is 0.0131. The molecular formula is C19H22O2. The van der Waals surface area contributed by atoms with Gasteiger partial charge in [-0.25, -0.2) is 0 Å². The molecule has 0 amide bonds. The predicted octanol–water partition coefficient (Wildman–Crippen LogP) is 4.03. The average Bonchev–Trinajstić information content (AvgIpc) is 2.82. The lowest BCUT2D eigenvalue weighted by Gasteiger charge is -2.32. The molecule has 0 saturated heterocycles. The average molecular weight is 282 g/mol. The molecule has 0 unspecified atom stereocenters. The smallest absolute Gasteiger partial charge is 0.0474 e. The second-order valence-corrected chi connectivity index (χ2v) is 5.66. The fraction of sp³-hybridized carbons (Fsp3) is 0.368. The molecule has 0 N–H and O–H groups in total. The zero-order valence-corrected chi connectivity index (χ0v) is 12.8.